The molecule has 4 rings (SSSR count). The van der Waals surface area contributed by atoms with E-state index in [1.54, 1.807) is 39.0 Å². The van der Waals surface area contributed by atoms with Crippen LogP contribution in [0.4, 0.5) is 13.2 Å². The molecule has 0 aliphatic rings. The zero-order valence-electron chi connectivity index (χ0n) is 15.2. The number of nitriles is 1. The highest BCUT2D eigenvalue weighted by molar-refractivity contribution is 6.19. The summed E-state index contributed by atoms with van der Waals surface area (Å²) < 4.78 is 48.1. The minimum Gasteiger partial charge on any atom is -0.422 e. The predicted octanol–water partition coefficient (Wildman–Crippen LogP) is 4.94. The number of alkyl halides is 3. The number of para-hydroxylation sites is 1. The lowest BCUT2D eigenvalue weighted by Crippen LogP contribution is -2.22. The van der Waals surface area contributed by atoms with Crippen LogP contribution in [0.1, 0.15) is 32.0 Å². The quantitative estimate of drug-likeness (QED) is 0.317. The van der Waals surface area contributed by atoms with E-state index in [1.165, 1.54) is 16.8 Å². The molecule has 0 saturated heterocycles. The van der Waals surface area contributed by atoms with Crippen LogP contribution >= 0.6 is 0 Å². The number of halogens is 3. The van der Waals surface area contributed by atoms with E-state index in [2.05, 4.69) is 4.98 Å². The Morgan fingerprint density at radius 3 is 2.39 bits per heavy atom. The van der Waals surface area contributed by atoms with Gasteiger partial charge in [0.2, 0.25) is 0 Å². The van der Waals surface area contributed by atoms with Gasteiger partial charge in [0.1, 0.15) is 17.3 Å². The summed E-state index contributed by atoms with van der Waals surface area (Å²) in [4.78, 5) is 16.3. The molecular weight excluding hydrogens is 371 g/mol. The Kier molecular flexibility index (Phi) is 3.60. The Bertz CT molecular complexity index is 1370. The van der Waals surface area contributed by atoms with Gasteiger partial charge in [-0.1, -0.05) is 18.2 Å². The van der Waals surface area contributed by atoms with Crippen molar-refractivity contribution in [3.05, 3.63) is 52.1 Å². The van der Waals surface area contributed by atoms with Crippen molar-refractivity contribution < 1.29 is 17.6 Å². The molecule has 0 amide bonds. The highest BCUT2D eigenvalue weighted by Gasteiger charge is 2.38. The second-order valence-electron chi connectivity index (χ2n) is 7.49. The Balaban J connectivity index is 2.45. The van der Waals surface area contributed by atoms with Crippen LogP contribution in [0.2, 0.25) is 0 Å². The predicted molar refractivity (Wildman–Crippen MR) is 98.0 cm³/mol. The van der Waals surface area contributed by atoms with Crippen molar-refractivity contribution in [2.24, 2.45) is 0 Å². The maximum atomic E-state index is 13.8. The first-order valence-electron chi connectivity index (χ1n) is 8.42. The molecule has 3 heterocycles. The van der Waals surface area contributed by atoms with Gasteiger partial charge in [-0.25, -0.2) is 9.78 Å². The Hall–Kier alpha value is -3.34. The second-order valence-corrected chi connectivity index (χ2v) is 7.49. The van der Waals surface area contributed by atoms with Crippen LogP contribution in [0.3, 0.4) is 0 Å². The van der Waals surface area contributed by atoms with Gasteiger partial charge in [0.25, 0.3) is 0 Å². The minimum absolute atomic E-state index is 0.000344. The van der Waals surface area contributed by atoms with Crippen molar-refractivity contribution in [3.63, 3.8) is 0 Å². The number of fused-ring (bicyclic) bond motifs is 5. The molecule has 0 N–H and O–H groups in total. The Morgan fingerprint density at radius 2 is 1.79 bits per heavy atom. The van der Waals surface area contributed by atoms with E-state index in [0.717, 1.165) is 0 Å². The highest BCUT2D eigenvalue weighted by atomic mass is 19.4. The lowest BCUT2D eigenvalue weighted by molar-refractivity contribution is -0.139. The van der Waals surface area contributed by atoms with E-state index in [0.29, 0.717) is 5.39 Å². The molecule has 5 nitrogen and oxygen atoms in total. The first-order valence-corrected chi connectivity index (χ1v) is 8.42. The van der Waals surface area contributed by atoms with Crippen LogP contribution in [0.25, 0.3) is 32.8 Å². The SMILES string of the molecule is CC(C)(C)n1cc(C#N)c2c3c(c(C(F)(F)F)nc21)c(=O)oc1ccccc13. The minimum atomic E-state index is -4.87. The summed E-state index contributed by atoms with van der Waals surface area (Å²) in [5, 5.41) is 9.53. The van der Waals surface area contributed by atoms with Gasteiger partial charge in [-0.3, -0.25) is 0 Å². The molecule has 1 aromatic carbocycles. The summed E-state index contributed by atoms with van der Waals surface area (Å²) in [6.07, 6.45) is -3.40. The van der Waals surface area contributed by atoms with E-state index < -0.39 is 28.4 Å². The third kappa shape index (κ3) is 2.47. The van der Waals surface area contributed by atoms with Crippen molar-refractivity contribution in [1.29, 1.82) is 5.26 Å². The molecule has 4 aromatic rings. The summed E-state index contributed by atoms with van der Waals surface area (Å²) in [5.41, 5.74) is -2.79. The standard InChI is InChI=1S/C20H14F3N3O2/c1-19(2,3)26-9-10(8-24)13-14-11-6-4-5-7-12(11)28-18(27)15(14)16(20(21,22)23)25-17(13)26/h4-7,9H,1-3H3. The van der Waals surface area contributed by atoms with Crippen molar-refractivity contribution in [3.8, 4) is 6.07 Å². The van der Waals surface area contributed by atoms with Gasteiger partial charge in [-0.05, 0) is 26.8 Å². The molecule has 28 heavy (non-hydrogen) atoms. The van der Waals surface area contributed by atoms with Gasteiger partial charge in [-0.2, -0.15) is 18.4 Å². The number of nitrogens with zero attached hydrogens (tertiary/aromatic N) is 3. The Morgan fingerprint density at radius 1 is 1.11 bits per heavy atom. The van der Waals surface area contributed by atoms with E-state index in [9.17, 15) is 23.2 Å². The zero-order chi connectivity index (χ0) is 20.4. The summed E-state index contributed by atoms with van der Waals surface area (Å²) in [7, 11) is 0. The van der Waals surface area contributed by atoms with Crippen LogP contribution in [-0.4, -0.2) is 9.55 Å². The molecule has 0 spiro atoms. The second kappa shape index (κ2) is 5.58. The van der Waals surface area contributed by atoms with E-state index in [-0.39, 0.29) is 27.6 Å². The third-order valence-electron chi connectivity index (χ3n) is 4.61. The molecule has 0 saturated carbocycles. The third-order valence-corrected chi connectivity index (χ3v) is 4.61. The number of hydrogen-bond acceptors (Lipinski definition) is 4. The lowest BCUT2D eigenvalue weighted by Gasteiger charge is -2.22. The number of benzene rings is 1. The number of aromatic nitrogens is 2. The average molecular weight is 385 g/mol. The normalized spacial score (nSPS) is 12.8. The van der Waals surface area contributed by atoms with Gasteiger partial charge >= 0.3 is 11.8 Å². The van der Waals surface area contributed by atoms with Crippen LogP contribution < -0.4 is 5.63 Å². The van der Waals surface area contributed by atoms with Crippen LogP contribution in [-0.2, 0) is 11.7 Å². The van der Waals surface area contributed by atoms with E-state index >= 15 is 0 Å². The maximum absolute atomic E-state index is 13.8. The monoisotopic (exact) mass is 385 g/mol. The molecule has 0 bridgehead atoms. The topological polar surface area (TPSA) is 71.8 Å². The molecule has 0 aliphatic carbocycles. The molecule has 0 unspecified atom stereocenters. The van der Waals surface area contributed by atoms with Gasteiger partial charge in [-0.15, -0.1) is 0 Å². The number of hydrogen-bond donors (Lipinski definition) is 0. The number of rotatable bonds is 0. The smallest absolute Gasteiger partial charge is 0.422 e. The molecule has 0 radical (unpaired) electrons. The summed E-state index contributed by atoms with van der Waals surface area (Å²) in [6.45, 7) is 5.39. The average Bonchev–Trinajstić information content (AvgIpc) is 2.99. The molecule has 3 aromatic heterocycles. The molecule has 0 fully saturated rings. The van der Waals surface area contributed by atoms with Crippen LogP contribution in [0.5, 0.6) is 0 Å². The molecule has 142 valence electrons. The van der Waals surface area contributed by atoms with Crippen molar-refractivity contribution >= 4 is 32.8 Å². The van der Waals surface area contributed by atoms with Gasteiger partial charge < -0.3 is 8.98 Å². The Labute approximate surface area is 156 Å². The fourth-order valence-electron chi connectivity index (χ4n) is 3.44. The van der Waals surface area contributed by atoms with E-state index in [1.807, 2.05) is 6.07 Å². The molecular formula is C20H14F3N3O2. The number of pyridine rings is 1. The lowest BCUT2D eigenvalue weighted by atomic mass is 10.0. The fraction of sp³-hybridized carbons (Fsp3) is 0.250. The highest BCUT2D eigenvalue weighted by Crippen LogP contribution is 2.40. The first-order chi connectivity index (χ1) is 13.0. The largest absolute Gasteiger partial charge is 0.434 e. The van der Waals surface area contributed by atoms with E-state index in [4.69, 9.17) is 4.42 Å². The van der Waals surface area contributed by atoms with Crippen molar-refractivity contribution in [2.75, 3.05) is 0 Å². The molecule has 8 heteroatoms. The maximum Gasteiger partial charge on any atom is 0.434 e. The van der Waals surface area contributed by atoms with Crippen molar-refractivity contribution in [1.82, 2.24) is 9.55 Å². The summed E-state index contributed by atoms with van der Waals surface area (Å²) in [6, 6.07) is 8.34. The summed E-state index contributed by atoms with van der Waals surface area (Å²) in [5.74, 6) is 0. The molecule has 0 atom stereocenters. The van der Waals surface area contributed by atoms with Crippen LogP contribution in [0.15, 0.2) is 39.7 Å². The first kappa shape index (κ1) is 18.0. The fourth-order valence-corrected chi connectivity index (χ4v) is 3.44. The van der Waals surface area contributed by atoms with Gasteiger partial charge in [0, 0.05) is 27.9 Å². The van der Waals surface area contributed by atoms with Gasteiger partial charge in [0.15, 0.2) is 5.69 Å². The van der Waals surface area contributed by atoms with Gasteiger partial charge in [0.05, 0.1) is 10.9 Å². The summed E-state index contributed by atoms with van der Waals surface area (Å²) >= 11 is 0. The van der Waals surface area contributed by atoms with Crippen LogP contribution in [0, 0.1) is 11.3 Å². The van der Waals surface area contributed by atoms with Crippen molar-refractivity contribution in [2.45, 2.75) is 32.5 Å². The molecule has 0 aliphatic heterocycles. The zero-order valence-corrected chi connectivity index (χ0v) is 15.2.